The van der Waals surface area contributed by atoms with Gasteiger partial charge >= 0.3 is 6.18 Å². The molecule has 146 valence electrons. The maximum Gasteiger partial charge on any atom is 0.416 e. The van der Waals surface area contributed by atoms with Crippen LogP contribution in [0.15, 0.2) is 12.1 Å². The molecule has 0 fully saturated rings. The maximum atomic E-state index is 12.9. The summed E-state index contributed by atoms with van der Waals surface area (Å²) < 4.78 is 39.9. The second kappa shape index (κ2) is 8.63. The summed E-state index contributed by atoms with van der Waals surface area (Å²) in [6, 6.07) is 3.48. The van der Waals surface area contributed by atoms with Gasteiger partial charge in [0.15, 0.2) is 5.69 Å². The van der Waals surface area contributed by atoms with Crippen molar-refractivity contribution >= 4 is 40.8 Å². The van der Waals surface area contributed by atoms with E-state index in [0.29, 0.717) is 17.2 Å². The third kappa shape index (κ3) is 4.84. The van der Waals surface area contributed by atoms with Crippen molar-refractivity contribution in [3.63, 3.8) is 0 Å². The third-order valence-corrected chi connectivity index (χ3v) is 5.90. The first-order valence-corrected chi connectivity index (χ1v) is 9.93. The molecule has 1 atom stereocenters. The molecular weight excluding hydrogens is 420 g/mol. The van der Waals surface area contributed by atoms with Crippen LogP contribution in [-0.2, 0) is 11.9 Å². The average Bonchev–Trinajstić information content (AvgIpc) is 2.89. The Labute approximate surface area is 169 Å². The fourth-order valence-electron chi connectivity index (χ4n) is 2.28. The van der Waals surface area contributed by atoms with Crippen LogP contribution in [0, 0.1) is 17.2 Å². The molecule has 0 aliphatic rings. The van der Waals surface area contributed by atoms with Crippen LogP contribution in [0.5, 0.6) is 0 Å². The Morgan fingerprint density at radius 2 is 1.93 bits per heavy atom. The van der Waals surface area contributed by atoms with E-state index in [4.69, 9.17) is 28.9 Å². The van der Waals surface area contributed by atoms with E-state index in [0.717, 1.165) is 29.0 Å². The van der Waals surface area contributed by atoms with E-state index < -0.39 is 11.7 Å². The van der Waals surface area contributed by atoms with E-state index in [1.807, 2.05) is 6.07 Å². The van der Waals surface area contributed by atoms with Gasteiger partial charge in [0.2, 0.25) is 0 Å². The van der Waals surface area contributed by atoms with Crippen molar-refractivity contribution in [2.45, 2.75) is 32.2 Å². The molecule has 0 saturated carbocycles. The molecule has 2 N–H and O–H groups in total. The summed E-state index contributed by atoms with van der Waals surface area (Å²) in [7, 11) is 0. The lowest BCUT2D eigenvalue weighted by Crippen LogP contribution is -2.09. The number of alkyl halides is 3. The number of rotatable bonds is 6. The number of benzene rings is 1. The first kappa shape index (κ1) is 21.7. The third-order valence-electron chi connectivity index (χ3n) is 4.03. The van der Waals surface area contributed by atoms with Crippen LogP contribution in [0.1, 0.15) is 37.1 Å². The molecule has 1 unspecified atom stereocenters. The highest BCUT2D eigenvalue weighted by Gasteiger charge is 2.32. The zero-order valence-corrected chi connectivity index (χ0v) is 16.9. The molecule has 1 aromatic carbocycles. The number of anilines is 1. The molecule has 2 rings (SSSR count). The normalized spacial score (nSPS) is 12.8. The Morgan fingerprint density at radius 1 is 1.33 bits per heavy atom. The van der Waals surface area contributed by atoms with Gasteiger partial charge < -0.3 is 5.73 Å². The Kier molecular flexibility index (Phi) is 6.95. The van der Waals surface area contributed by atoms with Crippen LogP contribution in [0.2, 0.25) is 10.0 Å². The van der Waals surface area contributed by atoms with Crippen molar-refractivity contribution in [2.75, 3.05) is 11.5 Å². The molecule has 0 bridgehead atoms. The second-order valence-electron chi connectivity index (χ2n) is 6.05. The van der Waals surface area contributed by atoms with Gasteiger partial charge in [0.1, 0.15) is 17.6 Å². The van der Waals surface area contributed by atoms with Gasteiger partial charge in [0.05, 0.1) is 15.6 Å². The Morgan fingerprint density at radius 3 is 2.41 bits per heavy atom. The SMILES string of the molecule is CCC(C)CSCc1c(C#N)nn(-c2c(Cl)cc(C(F)(F)F)cc2Cl)c1N. The van der Waals surface area contributed by atoms with Crippen molar-refractivity contribution in [1.29, 1.82) is 5.26 Å². The number of nitrogens with zero attached hydrogens (tertiary/aromatic N) is 3. The van der Waals surface area contributed by atoms with E-state index in [1.54, 1.807) is 11.8 Å². The minimum atomic E-state index is -4.59. The van der Waals surface area contributed by atoms with Crippen LogP contribution in [-0.4, -0.2) is 15.5 Å². The summed E-state index contributed by atoms with van der Waals surface area (Å²) >= 11 is 13.7. The number of hydrogen-bond donors (Lipinski definition) is 1. The highest BCUT2D eigenvalue weighted by atomic mass is 35.5. The molecule has 4 nitrogen and oxygen atoms in total. The summed E-state index contributed by atoms with van der Waals surface area (Å²) in [4.78, 5) is 0. The number of nitriles is 1. The van der Waals surface area contributed by atoms with Crippen molar-refractivity contribution in [2.24, 2.45) is 5.92 Å². The minimum absolute atomic E-state index is 0.0125. The summed E-state index contributed by atoms with van der Waals surface area (Å²) in [5, 5.41) is 12.9. The van der Waals surface area contributed by atoms with Crippen molar-refractivity contribution < 1.29 is 13.2 Å². The van der Waals surface area contributed by atoms with E-state index in [9.17, 15) is 18.4 Å². The summed E-state index contributed by atoms with van der Waals surface area (Å²) in [5.74, 6) is 1.98. The molecule has 27 heavy (non-hydrogen) atoms. The van der Waals surface area contributed by atoms with Crippen molar-refractivity contribution in [3.8, 4) is 11.8 Å². The molecule has 0 radical (unpaired) electrons. The molecule has 0 aliphatic heterocycles. The number of aromatic nitrogens is 2. The first-order valence-electron chi connectivity index (χ1n) is 8.01. The fourth-order valence-corrected chi connectivity index (χ4v) is 4.17. The lowest BCUT2D eigenvalue weighted by molar-refractivity contribution is -0.137. The van der Waals surface area contributed by atoms with Crippen LogP contribution < -0.4 is 5.73 Å². The van der Waals surface area contributed by atoms with Gasteiger partial charge in [-0.1, -0.05) is 43.5 Å². The molecule has 0 saturated heterocycles. The van der Waals surface area contributed by atoms with E-state index in [1.165, 1.54) is 0 Å². The summed E-state index contributed by atoms with van der Waals surface area (Å²) in [6.07, 6.45) is -3.55. The zero-order chi connectivity index (χ0) is 20.4. The van der Waals surface area contributed by atoms with Gasteiger partial charge in [0.25, 0.3) is 0 Å². The van der Waals surface area contributed by atoms with Gasteiger partial charge in [-0.05, 0) is 23.8 Å². The summed E-state index contributed by atoms with van der Waals surface area (Å²) in [6.45, 7) is 4.21. The van der Waals surface area contributed by atoms with Gasteiger partial charge in [-0.25, -0.2) is 4.68 Å². The van der Waals surface area contributed by atoms with Gasteiger partial charge in [-0.2, -0.15) is 35.3 Å². The predicted octanol–water partition coefficient (Wildman–Crippen LogP) is 5.93. The lowest BCUT2D eigenvalue weighted by Gasteiger charge is -2.13. The van der Waals surface area contributed by atoms with Crippen LogP contribution >= 0.6 is 35.0 Å². The Bertz CT molecular complexity index is 851. The summed E-state index contributed by atoms with van der Waals surface area (Å²) in [5.41, 5.74) is 5.76. The highest BCUT2D eigenvalue weighted by molar-refractivity contribution is 7.98. The lowest BCUT2D eigenvalue weighted by atomic mass is 10.2. The standard InChI is InChI=1S/C17H17Cl2F3N4S/c1-3-9(2)7-27-8-11-14(6-23)25-26(16(11)24)15-12(18)4-10(5-13(15)19)17(20,21)22/h4-5,9H,3,7-8,24H2,1-2H3. The largest absolute Gasteiger partial charge is 0.416 e. The molecule has 2 aromatic rings. The molecule has 1 heterocycles. The average molecular weight is 437 g/mol. The topological polar surface area (TPSA) is 67.6 Å². The Hall–Kier alpha value is -1.56. The van der Waals surface area contributed by atoms with E-state index in [-0.39, 0.29) is 27.2 Å². The molecule has 1 aromatic heterocycles. The van der Waals surface area contributed by atoms with Crippen molar-refractivity contribution in [1.82, 2.24) is 9.78 Å². The zero-order valence-electron chi connectivity index (χ0n) is 14.6. The van der Waals surface area contributed by atoms with Crippen LogP contribution in [0.25, 0.3) is 5.69 Å². The smallest absolute Gasteiger partial charge is 0.383 e. The molecule has 0 aliphatic carbocycles. The molecule has 10 heteroatoms. The van der Waals surface area contributed by atoms with E-state index in [2.05, 4.69) is 18.9 Å². The molecule has 0 spiro atoms. The quantitative estimate of drug-likeness (QED) is 0.608. The Balaban J connectivity index is 2.44. The highest BCUT2D eigenvalue weighted by Crippen LogP contribution is 2.39. The second-order valence-corrected chi connectivity index (χ2v) is 7.90. The monoisotopic (exact) mass is 436 g/mol. The first-order chi connectivity index (χ1) is 12.6. The number of hydrogen-bond acceptors (Lipinski definition) is 4. The fraction of sp³-hybridized carbons (Fsp3) is 0.412. The van der Waals surface area contributed by atoms with Gasteiger partial charge in [0, 0.05) is 11.3 Å². The maximum absolute atomic E-state index is 12.9. The van der Waals surface area contributed by atoms with Gasteiger partial charge in [-0.3, -0.25) is 0 Å². The molecule has 0 amide bonds. The molecular formula is C17H17Cl2F3N4S. The van der Waals surface area contributed by atoms with Crippen LogP contribution in [0.3, 0.4) is 0 Å². The number of nitrogen functional groups attached to an aromatic ring is 1. The minimum Gasteiger partial charge on any atom is -0.383 e. The predicted molar refractivity (Wildman–Crippen MR) is 103 cm³/mol. The van der Waals surface area contributed by atoms with Gasteiger partial charge in [-0.15, -0.1) is 0 Å². The van der Waals surface area contributed by atoms with Crippen molar-refractivity contribution in [3.05, 3.63) is 39.0 Å². The van der Waals surface area contributed by atoms with Crippen LogP contribution in [0.4, 0.5) is 19.0 Å². The number of halogens is 5. The van der Waals surface area contributed by atoms with E-state index >= 15 is 0 Å². The number of nitrogens with two attached hydrogens (primary N) is 1. The number of thioether (sulfide) groups is 1.